The highest BCUT2D eigenvalue weighted by atomic mass is 32.1. The lowest BCUT2D eigenvalue weighted by atomic mass is 10.00. The summed E-state index contributed by atoms with van der Waals surface area (Å²) in [5.41, 5.74) is 0.832. The Labute approximate surface area is 457 Å². The van der Waals surface area contributed by atoms with E-state index in [1.807, 2.05) is 55.4 Å². The van der Waals surface area contributed by atoms with E-state index in [-0.39, 0.29) is 93.5 Å². The lowest BCUT2D eigenvalue weighted by molar-refractivity contribution is -0.385. The largest absolute Gasteiger partial charge is 0.454 e. The van der Waals surface area contributed by atoms with Crippen LogP contribution in [0.5, 0.6) is 0 Å². The van der Waals surface area contributed by atoms with Crippen molar-refractivity contribution in [1.82, 2.24) is 19.6 Å². The van der Waals surface area contributed by atoms with Crippen LogP contribution in [0.2, 0.25) is 0 Å². The van der Waals surface area contributed by atoms with Crippen molar-refractivity contribution in [3.05, 3.63) is 79.9 Å². The van der Waals surface area contributed by atoms with Crippen molar-refractivity contribution in [3.63, 3.8) is 0 Å². The Morgan fingerprint density at radius 3 is 0.905 bits per heavy atom. The molecule has 0 bridgehead atoms. The van der Waals surface area contributed by atoms with Gasteiger partial charge in [-0.3, -0.25) is 20.2 Å². The maximum Gasteiger partial charge on any atom is 0.329 e. The molecule has 0 N–H and O–H groups in total. The molecule has 0 aromatic heterocycles. The van der Waals surface area contributed by atoms with Crippen LogP contribution in [0.1, 0.15) is 106 Å². The third-order valence-corrected chi connectivity index (χ3v) is 15.0. The second-order valence-electron chi connectivity index (χ2n) is 20.6. The number of hydrogen-bond acceptors (Lipinski definition) is 16. The number of nitro benzene ring substituents is 2. The minimum atomic E-state index is -1.18. The SMILES string of the molecule is CC(C)C[C@@H]1C(=O)O[C@@H](Cc2ccc([N+](=O)[O-])cc2)C(=S)N(C)[C@H](CC(C)C)C(=O)O[C@@H](C)C(=S)N(C)[C@H](CC(C)C)C(=O)O[C@@H](Cc2ccc([N+](=O)[O-])cc2)C(=S)N(C)[C@H](CC(C)C)C(=O)O[C@@H](C)C(=S)N1C. The van der Waals surface area contributed by atoms with E-state index < -0.39 is 82.3 Å². The summed E-state index contributed by atoms with van der Waals surface area (Å²) in [6.45, 7) is 18.6. The number of esters is 4. The van der Waals surface area contributed by atoms with Gasteiger partial charge in [0, 0.05) is 65.3 Å². The Kier molecular flexibility index (Phi) is 24.3. The molecule has 22 heteroatoms. The van der Waals surface area contributed by atoms with Gasteiger partial charge in [-0.2, -0.15) is 0 Å². The number of hydrogen-bond donors (Lipinski definition) is 0. The van der Waals surface area contributed by atoms with E-state index in [1.165, 1.54) is 43.9 Å². The molecule has 408 valence electrons. The Bertz CT molecular complexity index is 2170. The summed E-state index contributed by atoms with van der Waals surface area (Å²) in [6, 6.07) is 7.43. The van der Waals surface area contributed by atoms with E-state index >= 15 is 0 Å². The first-order valence-electron chi connectivity index (χ1n) is 24.8. The fourth-order valence-corrected chi connectivity index (χ4v) is 9.28. The summed E-state index contributed by atoms with van der Waals surface area (Å²) >= 11 is 24.1. The lowest BCUT2D eigenvalue weighted by Gasteiger charge is -2.38. The first kappa shape index (κ1) is 63.0. The maximum atomic E-state index is 14.7. The molecule has 0 aliphatic carbocycles. The highest BCUT2D eigenvalue weighted by Gasteiger charge is 2.40. The number of nitrogens with zero attached hydrogens (tertiary/aromatic N) is 6. The number of carbonyl (C=O) groups is 4. The van der Waals surface area contributed by atoms with Crippen molar-refractivity contribution >= 4 is 104 Å². The standard InChI is InChI=1S/C52H74N6O12S4/c1-29(2)23-39-49(59)67-33(9)45(71)53(11)42(26-32(7)8)52(62)70-44(28-36-17-21-38(22-18-36)58(65)66)48(74)56(14)40(24-30(3)4)50(60)68-34(10)46(72)54(12)41(25-31(5)6)51(61)69-43(47(73)55(39)13)27-35-15-19-37(20-16-35)57(63)64/h15-22,29-34,39-44H,23-28H2,1-14H3/t33-,34-,39+,40+,41+,42+,43-,44-/m0/s1. The van der Waals surface area contributed by atoms with Gasteiger partial charge in [0.05, 0.1) is 9.85 Å². The number of benzene rings is 2. The van der Waals surface area contributed by atoms with Crippen LogP contribution in [0.25, 0.3) is 0 Å². The van der Waals surface area contributed by atoms with Crippen molar-refractivity contribution in [3.8, 4) is 0 Å². The van der Waals surface area contributed by atoms with Gasteiger partial charge in [0.15, 0.2) is 12.2 Å². The summed E-state index contributed by atoms with van der Waals surface area (Å²) < 4.78 is 25.0. The van der Waals surface area contributed by atoms with Crippen molar-refractivity contribution in [2.24, 2.45) is 23.7 Å². The number of ether oxygens (including phenoxy) is 4. The van der Waals surface area contributed by atoms with Gasteiger partial charge in [-0.25, -0.2) is 19.2 Å². The smallest absolute Gasteiger partial charge is 0.329 e. The molecule has 18 nitrogen and oxygen atoms in total. The predicted molar refractivity (Wildman–Crippen MR) is 299 cm³/mol. The molecule has 0 radical (unpaired) electrons. The zero-order valence-corrected chi connectivity index (χ0v) is 48.3. The van der Waals surface area contributed by atoms with E-state index in [2.05, 4.69) is 0 Å². The van der Waals surface area contributed by atoms with Crippen LogP contribution in [-0.2, 0) is 51.0 Å². The number of cyclic esters (lactones) is 4. The van der Waals surface area contributed by atoms with Crippen molar-refractivity contribution in [2.75, 3.05) is 28.2 Å². The molecule has 2 aromatic carbocycles. The normalized spacial score (nSPS) is 24.0. The molecule has 1 aliphatic rings. The van der Waals surface area contributed by atoms with E-state index in [0.29, 0.717) is 11.1 Å². The Hall–Kier alpha value is -5.32. The average molecular weight is 1100 g/mol. The zero-order chi connectivity index (χ0) is 56.0. The van der Waals surface area contributed by atoms with Gasteiger partial charge in [-0.1, -0.05) is 129 Å². The first-order valence-corrected chi connectivity index (χ1v) is 26.4. The van der Waals surface area contributed by atoms with Gasteiger partial charge in [0.2, 0.25) is 0 Å². The van der Waals surface area contributed by atoms with Crippen LogP contribution in [0, 0.1) is 43.9 Å². The Morgan fingerprint density at radius 1 is 0.446 bits per heavy atom. The first-order chi connectivity index (χ1) is 34.4. The second-order valence-corrected chi connectivity index (χ2v) is 22.3. The minimum absolute atomic E-state index is 0.0209. The molecule has 1 fully saturated rings. The fourth-order valence-electron chi connectivity index (χ4n) is 8.42. The predicted octanol–water partition coefficient (Wildman–Crippen LogP) is 8.68. The number of carbonyl (C=O) groups excluding carboxylic acids is 4. The van der Waals surface area contributed by atoms with Crippen molar-refractivity contribution < 1.29 is 48.0 Å². The van der Waals surface area contributed by atoms with E-state index in [4.69, 9.17) is 67.8 Å². The number of thiocarbonyl (C=S) groups is 4. The molecule has 1 heterocycles. The third kappa shape index (κ3) is 17.9. The Morgan fingerprint density at radius 2 is 0.676 bits per heavy atom. The summed E-state index contributed by atoms with van der Waals surface area (Å²) in [6.07, 6.45) is -3.55. The summed E-state index contributed by atoms with van der Waals surface area (Å²) in [5.74, 6) is -3.08. The summed E-state index contributed by atoms with van der Waals surface area (Å²) in [7, 11) is 6.42. The van der Waals surface area contributed by atoms with Gasteiger partial charge >= 0.3 is 23.9 Å². The molecule has 0 spiro atoms. The number of likely N-dealkylation sites (N-methyl/N-ethyl adjacent to an activating group) is 4. The third-order valence-electron chi connectivity index (χ3n) is 12.6. The second kappa shape index (κ2) is 28.5. The van der Waals surface area contributed by atoms with Crippen molar-refractivity contribution in [2.45, 2.75) is 156 Å². The van der Waals surface area contributed by atoms with Crippen LogP contribution in [0.4, 0.5) is 11.4 Å². The van der Waals surface area contributed by atoms with Gasteiger partial charge in [0.25, 0.3) is 11.4 Å². The van der Waals surface area contributed by atoms with E-state index in [1.54, 1.807) is 66.3 Å². The molecule has 74 heavy (non-hydrogen) atoms. The number of nitro groups is 2. The van der Waals surface area contributed by atoms with Crippen LogP contribution in [0.15, 0.2) is 48.5 Å². The molecule has 0 unspecified atom stereocenters. The molecule has 0 saturated carbocycles. The zero-order valence-electron chi connectivity index (χ0n) is 45.0. The quantitative estimate of drug-likeness (QED) is 0.0570. The van der Waals surface area contributed by atoms with Crippen LogP contribution in [0.3, 0.4) is 0 Å². The van der Waals surface area contributed by atoms with Crippen LogP contribution in [-0.4, -0.2) is 150 Å². The molecular formula is C52H74N6O12S4. The van der Waals surface area contributed by atoms with Crippen LogP contribution >= 0.6 is 48.9 Å². The monoisotopic (exact) mass is 1100 g/mol. The van der Waals surface area contributed by atoms with Gasteiger partial charge in [-0.15, -0.1) is 0 Å². The molecule has 3 rings (SSSR count). The Balaban J connectivity index is 2.29. The van der Waals surface area contributed by atoms with Gasteiger partial charge in [-0.05, 0) is 74.3 Å². The minimum Gasteiger partial charge on any atom is -0.454 e. The average Bonchev–Trinajstić information content (AvgIpc) is 3.32. The molecule has 1 saturated heterocycles. The number of non-ortho nitro benzene ring substituents is 2. The highest BCUT2D eigenvalue weighted by molar-refractivity contribution is 7.81. The highest BCUT2D eigenvalue weighted by Crippen LogP contribution is 2.26. The van der Waals surface area contributed by atoms with E-state index in [9.17, 15) is 39.4 Å². The summed E-state index contributed by atoms with van der Waals surface area (Å²) in [5, 5.41) is 23.1. The maximum absolute atomic E-state index is 14.7. The molecule has 8 atom stereocenters. The van der Waals surface area contributed by atoms with Crippen LogP contribution < -0.4 is 0 Å². The number of rotatable bonds is 14. The summed E-state index contributed by atoms with van der Waals surface area (Å²) in [4.78, 5) is 86.9. The molecular weight excluding hydrogens is 1030 g/mol. The molecule has 0 amide bonds. The topological polar surface area (TPSA) is 204 Å². The molecule has 1 aliphatic heterocycles. The van der Waals surface area contributed by atoms with Gasteiger partial charge in [0.1, 0.15) is 56.3 Å². The fraction of sp³-hybridized carbons (Fsp3) is 0.615. The molecule has 2 aromatic rings. The van der Waals surface area contributed by atoms with E-state index in [0.717, 1.165) is 0 Å². The van der Waals surface area contributed by atoms with Gasteiger partial charge < -0.3 is 38.5 Å². The lowest BCUT2D eigenvalue weighted by Crippen LogP contribution is -2.54. The van der Waals surface area contributed by atoms with Crippen molar-refractivity contribution in [1.29, 1.82) is 0 Å².